The Labute approximate surface area is 121 Å². The van der Waals surface area contributed by atoms with E-state index in [1.807, 2.05) is 0 Å². The highest BCUT2D eigenvalue weighted by molar-refractivity contribution is 6.04. The number of carbonyl (C=O) groups excluding carboxylic acids is 1. The maximum atomic E-state index is 13.4. The smallest absolute Gasteiger partial charge is 0.255 e. The molecule has 0 radical (unpaired) electrons. The number of methoxy groups -OCH3 is 2. The van der Waals surface area contributed by atoms with Crippen molar-refractivity contribution in [1.29, 1.82) is 0 Å². The summed E-state index contributed by atoms with van der Waals surface area (Å²) in [4.78, 5) is 12.0. The first-order valence-corrected chi connectivity index (χ1v) is 6.13. The van der Waals surface area contributed by atoms with Crippen molar-refractivity contribution in [2.45, 2.75) is 0 Å². The first-order valence-electron chi connectivity index (χ1n) is 6.13. The van der Waals surface area contributed by atoms with Crippen LogP contribution in [0.1, 0.15) is 10.4 Å². The number of nitrogen functional groups attached to an aromatic ring is 1. The van der Waals surface area contributed by atoms with Crippen molar-refractivity contribution in [2.24, 2.45) is 0 Å². The van der Waals surface area contributed by atoms with E-state index in [9.17, 15) is 9.18 Å². The second-order valence-corrected chi connectivity index (χ2v) is 4.26. The number of nitrogens with one attached hydrogen (secondary N) is 1. The molecule has 2 aromatic rings. The van der Waals surface area contributed by atoms with E-state index in [-0.39, 0.29) is 11.3 Å². The molecular weight excluding hydrogens is 275 g/mol. The fraction of sp³-hybridized carbons (Fsp3) is 0.133. The lowest BCUT2D eigenvalue weighted by molar-refractivity contribution is 0.102. The predicted molar refractivity (Wildman–Crippen MR) is 78.3 cm³/mol. The van der Waals surface area contributed by atoms with Crippen molar-refractivity contribution in [3.63, 3.8) is 0 Å². The minimum Gasteiger partial charge on any atom is -0.493 e. The van der Waals surface area contributed by atoms with Gasteiger partial charge in [-0.05, 0) is 30.3 Å². The van der Waals surface area contributed by atoms with Crippen molar-refractivity contribution in [3.8, 4) is 11.5 Å². The number of hydrogen-bond acceptors (Lipinski definition) is 4. The van der Waals surface area contributed by atoms with E-state index >= 15 is 0 Å². The molecule has 110 valence electrons. The third-order valence-electron chi connectivity index (χ3n) is 2.90. The molecule has 1 amide bonds. The molecule has 21 heavy (non-hydrogen) atoms. The number of ether oxygens (including phenoxy) is 2. The highest BCUT2D eigenvalue weighted by Gasteiger charge is 2.11. The number of amides is 1. The van der Waals surface area contributed by atoms with Crippen LogP contribution >= 0.6 is 0 Å². The average molecular weight is 290 g/mol. The quantitative estimate of drug-likeness (QED) is 0.849. The van der Waals surface area contributed by atoms with Gasteiger partial charge in [-0.15, -0.1) is 0 Å². The second-order valence-electron chi connectivity index (χ2n) is 4.26. The van der Waals surface area contributed by atoms with Crippen LogP contribution in [0.4, 0.5) is 15.8 Å². The van der Waals surface area contributed by atoms with Gasteiger partial charge in [0, 0.05) is 17.3 Å². The lowest BCUT2D eigenvalue weighted by Gasteiger charge is -2.10. The van der Waals surface area contributed by atoms with Gasteiger partial charge in [0.2, 0.25) is 0 Å². The first kappa shape index (κ1) is 14.6. The SMILES string of the molecule is COc1ccc(NC(=O)c2ccc(N)c(F)c2)cc1OC. The molecule has 5 nitrogen and oxygen atoms in total. The molecule has 2 rings (SSSR count). The van der Waals surface area contributed by atoms with Crippen molar-refractivity contribution in [2.75, 3.05) is 25.3 Å². The highest BCUT2D eigenvalue weighted by Crippen LogP contribution is 2.29. The van der Waals surface area contributed by atoms with Gasteiger partial charge in [0.1, 0.15) is 5.82 Å². The van der Waals surface area contributed by atoms with Crippen LogP contribution in [0, 0.1) is 5.82 Å². The Morgan fingerprint density at radius 2 is 1.81 bits per heavy atom. The van der Waals surface area contributed by atoms with Crippen LogP contribution in [0.3, 0.4) is 0 Å². The van der Waals surface area contributed by atoms with Crippen LogP contribution in [0.25, 0.3) is 0 Å². The Bertz CT molecular complexity index is 674. The number of benzene rings is 2. The van der Waals surface area contributed by atoms with Gasteiger partial charge in [-0.25, -0.2) is 4.39 Å². The molecule has 0 fully saturated rings. The third kappa shape index (κ3) is 3.22. The van der Waals surface area contributed by atoms with Gasteiger partial charge in [-0.1, -0.05) is 0 Å². The number of anilines is 2. The molecule has 0 spiro atoms. The highest BCUT2D eigenvalue weighted by atomic mass is 19.1. The van der Waals surface area contributed by atoms with Gasteiger partial charge in [0.05, 0.1) is 19.9 Å². The molecule has 0 unspecified atom stereocenters. The van der Waals surface area contributed by atoms with Crippen molar-refractivity contribution in [3.05, 3.63) is 47.8 Å². The molecular formula is C15H15FN2O3. The molecule has 0 saturated carbocycles. The number of carbonyl (C=O) groups is 1. The maximum Gasteiger partial charge on any atom is 0.255 e. The van der Waals surface area contributed by atoms with E-state index in [1.165, 1.54) is 26.4 Å². The number of halogens is 1. The van der Waals surface area contributed by atoms with Crippen LogP contribution in [-0.2, 0) is 0 Å². The zero-order valence-corrected chi connectivity index (χ0v) is 11.6. The number of hydrogen-bond donors (Lipinski definition) is 2. The molecule has 6 heteroatoms. The van der Waals surface area contributed by atoms with Gasteiger partial charge in [-0.2, -0.15) is 0 Å². The Hall–Kier alpha value is -2.76. The number of rotatable bonds is 4. The summed E-state index contributed by atoms with van der Waals surface area (Å²) in [6.45, 7) is 0. The fourth-order valence-electron chi connectivity index (χ4n) is 1.79. The minimum absolute atomic E-state index is 0.00216. The summed E-state index contributed by atoms with van der Waals surface area (Å²) in [5.74, 6) is -0.0381. The molecule has 0 aliphatic heterocycles. The largest absolute Gasteiger partial charge is 0.493 e. The molecule has 3 N–H and O–H groups in total. The molecule has 0 aliphatic rings. The fourth-order valence-corrected chi connectivity index (χ4v) is 1.79. The lowest BCUT2D eigenvalue weighted by Crippen LogP contribution is -2.12. The number of nitrogens with two attached hydrogens (primary N) is 1. The van der Waals surface area contributed by atoms with Crippen LogP contribution in [0.15, 0.2) is 36.4 Å². The third-order valence-corrected chi connectivity index (χ3v) is 2.90. The molecule has 0 heterocycles. The van der Waals surface area contributed by atoms with Crippen molar-refractivity contribution in [1.82, 2.24) is 0 Å². The summed E-state index contributed by atoms with van der Waals surface area (Å²) in [6, 6.07) is 8.83. The predicted octanol–water partition coefficient (Wildman–Crippen LogP) is 2.68. The molecule has 0 saturated heterocycles. The average Bonchev–Trinajstić information content (AvgIpc) is 2.49. The van der Waals surface area contributed by atoms with Gasteiger partial charge in [-0.3, -0.25) is 4.79 Å². The Morgan fingerprint density at radius 3 is 2.43 bits per heavy atom. The summed E-state index contributed by atoms with van der Waals surface area (Å²) in [7, 11) is 3.02. The molecule has 0 aromatic heterocycles. The summed E-state index contributed by atoms with van der Waals surface area (Å²) in [5.41, 5.74) is 6.06. The minimum atomic E-state index is -0.630. The van der Waals surface area contributed by atoms with E-state index in [2.05, 4.69) is 5.32 Å². The van der Waals surface area contributed by atoms with Crippen LogP contribution < -0.4 is 20.5 Å². The maximum absolute atomic E-state index is 13.4. The first-order chi connectivity index (χ1) is 10.0. The van der Waals surface area contributed by atoms with E-state index in [0.29, 0.717) is 17.2 Å². The zero-order chi connectivity index (χ0) is 15.4. The van der Waals surface area contributed by atoms with Crippen molar-refractivity contribution < 1.29 is 18.7 Å². The van der Waals surface area contributed by atoms with Gasteiger partial charge in [0.25, 0.3) is 5.91 Å². The summed E-state index contributed by atoms with van der Waals surface area (Å²) in [6.07, 6.45) is 0. The van der Waals surface area contributed by atoms with Gasteiger partial charge >= 0.3 is 0 Å². The molecule has 0 atom stereocenters. The van der Waals surface area contributed by atoms with Crippen LogP contribution in [0.2, 0.25) is 0 Å². The lowest BCUT2D eigenvalue weighted by atomic mass is 10.2. The van der Waals surface area contributed by atoms with Gasteiger partial charge < -0.3 is 20.5 Å². The van der Waals surface area contributed by atoms with Crippen LogP contribution in [0.5, 0.6) is 11.5 Å². The summed E-state index contributed by atoms with van der Waals surface area (Å²) in [5, 5.41) is 2.65. The molecule has 0 bridgehead atoms. The van der Waals surface area contributed by atoms with Crippen LogP contribution in [-0.4, -0.2) is 20.1 Å². The summed E-state index contributed by atoms with van der Waals surface area (Å²) < 4.78 is 23.6. The zero-order valence-electron chi connectivity index (χ0n) is 11.6. The summed E-state index contributed by atoms with van der Waals surface area (Å²) >= 11 is 0. The Balaban J connectivity index is 2.21. The van der Waals surface area contributed by atoms with E-state index < -0.39 is 11.7 Å². The van der Waals surface area contributed by atoms with E-state index in [0.717, 1.165) is 6.07 Å². The normalized spacial score (nSPS) is 10.0. The van der Waals surface area contributed by atoms with E-state index in [1.54, 1.807) is 18.2 Å². The second kappa shape index (κ2) is 6.13. The monoisotopic (exact) mass is 290 g/mol. The topological polar surface area (TPSA) is 73.6 Å². The standard InChI is InChI=1S/C15H15FN2O3/c1-20-13-6-4-10(8-14(13)21-2)18-15(19)9-3-5-12(17)11(16)7-9/h3-8H,17H2,1-2H3,(H,18,19). The van der Waals surface area contributed by atoms with Crippen molar-refractivity contribution >= 4 is 17.3 Å². The molecule has 0 aliphatic carbocycles. The Morgan fingerprint density at radius 1 is 1.10 bits per heavy atom. The van der Waals surface area contributed by atoms with E-state index in [4.69, 9.17) is 15.2 Å². The molecule has 2 aromatic carbocycles. The Kier molecular flexibility index (Phi) is 4.27. The van der Waals surface area contributed by atoms with Gasteiger partial charge in [0.15, 0.2) is 11.5 Å².